The van der Waals surface area contributed by atoms with E-state index in [1.807, 2.05) is 0 Å². The van der Waals surface area contributed by atoms with Gasteiger partial charge in [0.15, 0.2) is 0 Å². The van der Waals surface area contributed by atoms with Crippen molar-refractivity contribution < 1.29 is 0 Å². The molecular formula is C12H21N3O2. The average molecular weight is 239 g/mol. The highest BCUT2D eigenvalue weighted by atomic mass is 16.2. The van der Waals surface area contributed by atoms with E-state index < -0.39 is 0 Å². The number of aromatic nitrogens is 2. The summed E-state index contributed by atoms with van der Waals surface area (Å²) in [5.74, 6) is 0.592. The lowest BCUT2D eigenvalue weighted by Crippen LogP contribution is -2.37. The standard InChI is InChI=1S/C12H21N3O2/c1-4-5-6-7-8-13-10-9-11(16)15(3)12(17)14(10)2/h9,13H,4-8H2,1-3H3. The lowest BCUT2D eigenvalue weighted by Gasteiger charge is -2.11. The van der Waals surface area contributed by atoms with E-state index in [4.69, 9.17) is 0 Å². The fraction of sp³-hybridized carbons (Fsp3) is 0.667. The van der Waals surface area contributed by atoms with E-state index in [-0.39, 0.29) is 11.2 Å². The third-order valence-electron chi connectivity index (χ3n) is 2.86. The van der Waals surface area contributed by atoms with Gasteiger partial charge in [0.1, 0.15) is 5.82 Å². The Kier molecular flexibility index (Phi) is 5.00. The Morgan fingerprint density at radius 3 is 2.47 bits per heavy atom. The van der Waals surface area contributed by atoms with Crippen LogP contribution in [0.25, 0.3) is 0 Å². The maximum atomic E-state index is 11.6. The first kappa shape index (κ1) is 13.5. The van der Waals surface area contributed by atoms with Crippen molar-refractivity contribution in [3.05, 3.63) is 26.9 Å². The smallest absolute Gasteiger partial charge is 0.332 e. The summed E-state index contributed by atoms with van der Waals surface area (Å²) in [6.45, 7) is 2.96. The van der Waals surface area contributed by atoms with Crippen molar-refractivity contribution in [1.29, 1.82) is 0 Å². The Morgan fingerprint density at radius 1 is 1.12 bits per heavy atom. The topological polar surface area (TPSA) is 56.0 Å². The molecule has 0 aliphatic rings. The summed E-state index contributed by atoms with van der Waals surface area (Å²) < 4.78 is 2.56. The van der Waals surface area contributed by atoms with Crippen LogP contribution in [-0.4, -0.2) is 15.7 Å². The van der Waals surface area contributed by atoms with Gasteiger partial charge in [0, 0.05) is 26.7 Å². The van der Waals surface area contributed by atoms with E-state index in [1.165, 1.54) is 36.9 Å². The van der Waals surface area contributed by atoms with Gasteiger partial charge in [-0.3, -0.25) is 13.9 Å². The molecule has 0 amide bonds. The maximum Gasteiger partial charge on any atom is 0.332 e. The first-order chi connectivity index (χ1) is 8.07. The number of unbranched alkanes of at least 4 members (excludes halogenated alkanes) is 3. The molecule has 17 heavy (non-hydrogen) atoms. The molecule has 0 aromatic carbocycles. The predicted octanol–water partition coefficient (Wildman–Crippen LogP) is 1.08. The van der Waals surface area contributed by atoms with Crippen molar-refractivity contribution in [3.63, 3.8) is 0 Å². The van der Waals surface area contributed by atoms with E-state index in [1.54, 1.807) is 7.05 Å². The fourth-order valence-electron chi connectivity index (χ4n) is 1.67. The largest absolute Gasteiger partial charge is 0.371 e. The number of nitrogens with one attached hydrogen (secondary N) is 1. The molecule has 0 saturated heterocycles. The van der Waals surface area contributed by atoms with E-state index in [0.29, 0.717) is 5.82 Å². The minimum absolute atomic E-state index is 0.274. The highest BCUT2D eigenvalue weighted by molar-refractivity contribution is 5.33. The van der Waals surface area contributed by atoms with Crippen LogP contribution in [0.2, 0.25) is 0 Å². The molecule has 5 heteroatoms. The maximum absolute atomic E-state index is 11.6. The van der Waals surface area contributed by atoms with Gasteiger partial charge >= 0.3 is 5.69 Å². The zero-order valence-electron chi connectivity index (χ0n) is 10.8. The minimum Gasteiger partial charge on any atom is -0.371 e. The molecule has 0 aliphatic heterocycles. The van der Waals surface area contributed by atoms with Crippen molar-refractivity contribution >= 4 is 5.82 Å². The minimum atomic E-state index is -0.298. The third-order valence-corrected chi connectivity index (χ3v) is 2.86. The van der Waals surface area contributed by atoms with Crippen LogP contribution in [0.15, 0.2) is 15.7 Å². The summed E-state index contributed by atoms with van der Waals surface area (Å²) in [5, 5.41) is 3.13. The van der Waals surface area contributed by atoms with Crippen molar-refractivity contribution in [3.8, 4) is 0 Å². The van der Waals surface area contributed by atoms with Crippen LogP contribution >= 0.6 is 0 Å². The van der Waals surface area contributed by atoms with Gasteiger partial charge in [-0.15, -0.1) is 0 Å². The van der Waals surface area contributed by atoms with Gasteiger partial charge in [0.25, 0.3) is 5.56 Å². The Balaban J connectivity index is 2.66. The molecule has 0 radical (unpaired) electrons. The normalized spacial score (nSPS) is 10.5. The van der Waals surface area contributed by atoms with Gasteiger partial charge in [0.2, 0.25) is 0 Å². The van der Waals surface area contributed by atoms with E-state index >= 15 is 0 Å². The van der Waals surface area contributed by atoms with Crippen LogP contribution in [0, 0.1) is 0 Å². The summed E-state index contributed by atoms with van der Waals surface area (Å²) in [6, 6.07) is 1.46. The van der Waals surface area contributed by atoms with Crippen LogP contribution in [0.4, 0.5) is 5.82 Å². The van der Waals surface area contributed by atoms with Gasteiger partial charge < -0.3 is 5.32 Å². The lowest BCUT2D eigenvalue weighted by atomic mass is 10.2. The van der Waals surface area contributed by atoms with Gasteiger partial charge in [-0.2, -0.15) is 0 Å². The Labute approximate surface area is 101 Å². The average Bonchev–Trinajstić information content (AvgIpc) is 2.32. The highest BCUT2D eigenvalue weighted by Crippen LogP contribution is 2.02. The second-order valence-electron chi connectivity index (χ2n) is 4.26. The number of rotatable bonds is 6. The first-order valence-corrected chi connectivity index (χ1v) is 6.09. The predicted molar refractivity (Wildman–Crippen MR) is 69.6 cm³/mol. The zero-order chi connectivity index (χ0) is 12.8. The number of nitrogens with zero attached hydrogens (tertiary/aromatic N) is 2. The third kappa shape index (κ3) is 3.47. The molecule has 0 unspecified atom stereocenters. The molecule has 0 aliphatic carbocycles. The molecule has 0 saturated carbocycles. The second kappa shape index (κ2) is 6.27. The van der Waals surface area contributed by atoms with Gasteiger partial charge in [-0.25, -0.2) is 4.79 Å². The summed E-state index contributed by atoms with van der Waals surface area (Å²) in [4.78, 5) is 23.1. The fourth-order valence-corrected chi connectivity index (χ4v) is 1.67. The molecular weight excluding hydrogens is 218 g/mol. The molecule has 0 atom stereocenters. The molecule has 1 heterocycles. The molecule has 0 bridgehead atoms. The van der Waals surface area contributed by atoms with E-state index in [2.05, 4.69) is 12.2 Å². The van der Waals surface area contributed by atoms with Crippen molar-refractivity contribution in [2.45, 2.75) is 32.6 Å². The van der Waals surface area contributed by atoms with Crippen LogP contribution < -0.4 is 16.6 Å². The number of hydrogen-bond acceptors (Lipinski definition) is 3. The zero-order valence-corrected chi connectivity index (χ0v) is 10.8. The van der Waals surface area contributed by atoms with Gasteiger partial charge in [-0.1, -0.05) is 26.2 Å². The SMILES string of the molecule is CCCCCCNc1cc(=O)n(C)c(=O)n1C. The second-order valence-corrected chi connectivity index (χ2v) is 4.26. The molecule has 1 aromatic rings. The van der Waals surface area contributed by atoms with Crippen molar-refractivity contribution in [2.75, 3.05) is 11.9 Å². The summed E-state index contributed by atoms with van der Waals surface area (Å²) >= 11 is 0. The molecule has 0 fully saturated rings. The summed E-state index contributed by atoms with van der Waals surface area (Å²) in [5.41, 5.74) is -0.572. The van der Waals surface area contributed by atoms with Crippen molar-refractivity contribution in [1.82, 2.24) is 9.13 Å². The van der Waals surface area contributed by atoms with E-state index in [0.717, 1.165) is 17.5 Å². The van der Waals surface area contributed by atoms with E-state index in [9.17, 15) is 9.59 Å². The van der Waals surface area contributed by atoms with Gasteiger partial charge in [-0.05, 0) is 6.42 Å². The number of anilines is 1. The highest BCUT2D eigenvalue weighted by Gasteiger charge is 2.04. The number of hydrogen-bond donors (Lipinski definition) is 1. The molecule has 1 N–H and O–H groups in total. The first-order valence-electron chi connectivity index (χ1n) is 6.09. The molecule has 96 valence electrons. The Bertz CT molecular complexity index is 474. The van der Waals surface area contributed by atoms with Gasteiger partial charge in [0.05, 0.1) is 0 Å². The Morgan fingerprint density at radius 2 is 1.82 bits per heavy atom. The summed E-state index contributed by atoms with van der Waals surface area (Å²) in [7, 11) is 3.14. The molecule has 1 rings (SSSR count). The van der Waals surface area contributed by atoms with Crippen LogP contribution in [0.1, 0.15) is 32.6 Å². The quantitative estimate of drug-likeness (QED) is 0.756. The van der Waals surface area contributed by atoms with Crippen LogP contribution in [0.5, 0.6) is 0 Å². The molecule has 5 nitrogen and oxygen atoms in total. The monoisotopic (exact) mass is 239 g/mol. The summed E-state index contributed by atoms with van der Waals surface area (Å²) in [6.07, 6.45) is 4.64. The van der Waals surface area contributed by atoms with Crippen molar-refractivity contribution in [2.24, 2.45) is 14.1 Å². The van der Waals surface area contributed by atoms with Crippen LogP contribution in [0.3, 0.4) is 0 Å². The molecule has 1 aromatic heterocycles. The molecule has 0 spiro atoms. The lowest BCUT2D eigenvalue weighted by molar-refractivity contribution is 0.667. The van der Waals surface area contributed by atoms with Crippen LogP contribution in [-0.2, 0) is 14.1 Å². The Hall–Kier alpha value is -1.52.